The van der Waals surface area contributed by atoms with Crippen molar-refractivity contribution < 1.29 is 4.79 Å². The first-order chi connectivity index (χ1) is 17.0. The molecule has 2 aromatic carbocycles. The lowest BCUT2D eigenvalue weighted by atomic mass is 10.1. The van der Waals surface area contributed by atoms with Crippen LogP contribution in [-0.2, 0) is 24.4 Å². The van der Waals surface area contributed by atoms with Gasteiger partial charge in [0.05, 0.1) is 11.7 Å². The van der Waals surface area contributed by atoms with Crippen molar-refractivity contribution in [3.05, 3.63) is 87.3 Å². The lowest BCUT2D eigenvalue weighted by molar-refractivity contribution is -0.121. The number of fused-ring (bicyclic) bond motifs is 1. The maximum atomic E-state index is 13.2. The first-order valence-corrected chi connectivity index (χ1v) is 13.0. The molecule has 0 fully saturated rings. The summed E-state index contributed by atoms with van der Waals surface area (Å²) in [5.74, 6) is -0.0845. The van der Waals surface area contributed by atoms with E-state index in [0.717, 1.165) is 41.2 Å². The van der Waals surface area contributed by atoms with Crippen LogP contribution in [0.3, 0.4) is 0 Å². The molecule has 1 amide bonds. The Hall–Kier alpha value is -3.29. The Balaban J connectivity index is 1.43. The minimum atomic E-state index is -0.107. The summed E-state index contributed by atoms with van der Waals surface area (Å²) in [5.41, 5.74) is 5.30. The summed E-state index contributed by atoms with van der Waals surface area (Å²) in [6, 6.07) is 16.3. The second-order valence-corrected chi connectivity index (χ2v) is 9.55. The summed E-state index contributed by atoms with van der Waals surface area (Å²) in [7, 11) is 0. The Kier molecular flexibility index (Phi) is 8.10. The van der Waals surface area contributed by atoms with Gasteiger partial charge in [-0.25, -0.2) is 4.98 Å². The van der Waals surface area contributed by atoms with Crippen molar-refractivity contribution in [2.75, 3.05) is 13.1 Å². The van der Waals surface area contributed by atoms with E-state index >= 15 is 0 Å². The zero-order chi connectivity index (χ0) is 24.8. The Labute approximate surface area is 210 Å². The molecule has 0 aliphatic carbocycles. The third-order valence-corrected chi connectivity index (χ3v) is 7.27. The molecular formula is C28H32N4O2S. The largest absolute Gasteiger partial charge is 0.352 e. The molecule has 4 aromatic rings. The lowest BCUT2D eigenvalue weighted by Crippen LogP contribution is -2.28. The monoisotopic (exact) mass is 488 g/mol. The third-order valence-electron chi connectivity index (χ3n) is 6.39. The van der Waals surface area contributed by atoms with Gasteiger partial charge in [-0.05, 0) is 36.7 Å². The Morgan fingerprint density at radius 1 is 1.06 bits per heavy atom. The van der Waals surface area contributed by atoms with Crippen molar-refractivity contribution in [2.24, 2.45) is 0 Å². The fraction of sp³-hybridized carbons (Fsp3) is 0.321. The predicted octanol–water partition coefficient (Wildman–Crippen LogP) is 4.98. The molecule has 4 rings (SSSR count). The first-order valence-electron chi connectivity index (χ1n) is 12.1. The van der Waals surface area contributed by atoms with Gasteiger partial charge in [0.15, 0.2) is 0 Å². The summed E-state index contributed by atoms with van der Waals surface area (Å²) >= 11 is 1.47. The SMILES string of the molecule is CCN(CC)Cc1ccccc1CNC(=O)CCn1cnc2scc(-c3ccc(C)cc3)c2c1=O. The van der Waals surface area contributed by atoms with Crippen molar-refractivity contribution in [3.63, 3.8) is 0 Å². The molecule has 1 N–H and O–H groups in total. The Morgan fingerprint density at radius 3 is 2.49 bits per heavy atom. The number of amides is 1. The number of benzene rings is 2. The number of hydrogen-bond donors (Lipinski definition) is 1. The summed E-state index contributed by atoms with van der Waals surface area (Å²) in [5, 5.41) is 5.62. The van der Waals surface area contributed by atoms with Crippen LogP contribution >= 0.6 is 11.3 Å². The minimum Gasteiger partial charge on any atom is -0.352 e. The zero-order valence-electron chi connectivity index (χ0n) is 20.6. The highest BCUT2D eigenvalue weighted by Crippen LogP contribution is 2.30. The van der Waals surface area contributed by atoms with Crippen LogP contribution in [0.25, 0.3) is 21.3 Å². The number of nitrogens with one attached hydrogen (secondary N) is 1. The minimum absolute atomic E-state index is 0.0845. The summed E-state index contributed by atoms with van der Waals surface area (Å²) in [6.07, 6.45) is 1.77. The van der Waals surface area contributed by atoms with E-state index in [2.05, 4.69) is 41.2 Å². The molecule has 0 spiro atoms. The number of thiophene rings is 1. The molecule has 2 aromatic heterocycles. The van der Waals surface area contributed by atoms with E-state index in [-0.39, 0.29) is 24.4 Å². The van der Waals surface area contributed by atoms with Gasteiger partial charge in [0, 0.05) is 37.0 Å². The summed E-state index contributed by atoms with van der Waals surface area (Å²) in [4.78, 5) is 33.4. The van der Waals surface area contributed by atoms with Gasteiger partial charge in [-0.1, -0.05) is 67.9 Å². The first kappa shape index (κ1) is 24.8. The average Bonchev–Trinajstić information content (AvgIpc) is 3.31. The number of nitrogens with zero attached hydrogens (tertiary/aromatic N) is 3. The molecule has 0 unspecified atom stereocenters. The summed E-state index contributed by atoms with van der Waals surface area (Å²) < 4.78 is 1.54. The average molecular weight is 489 g/mol. The topological polar surface area (TPSA) is 67.2 Å². The van der Waals surface area contributed by atoms with Crippen molar-refractivity contribution >= 4 is 27.5 Å². The van der Waals surface area contributed by atoms with Gasteiger partial charge in [0.25, 0.3) is 5.56 Å². The highest BCUT2D eigenvalue weighted by molar-refractivity contribution is 7.17. The van der Waals surface area contributed by atoms with Crippen molar-refractivity contribution in [1.82, 2.24) is 19.8 Å². The van der Waals surface area contributed by atoms with Gasteiger partial charge in [-0.2, -0.15) is 0 Å². The molecule has 0 saturated heterocycles. The van der Waals surface area contributed by atoms with Gasteiger partial charge in [0.1, 0.15) is 4.83 Å². The molecule has 35 heavy (non-hydrogen) atoms. The van der Waals surface area contributed by atoms with E-state index in [1.165, 1.54) is 22.5 Å². The van der Waals surface area contributed by atoms with E-state index in [9.17, 15) is 9.59 Å². The molecule has 182 valence electrons. The number of rotatable bonds is 10. The predicted molar refractivity (Wildman–Crippen MR) is 144 cm³/mol. The Bertz CT molecular complexity index is 1350. The quantitative estimate of drug-likeness (QED) is 0.342. The van der Waals surface area contributed by atoms with Gasteiger partial charge in [-0.15, -0.1) is 11.3 Å². The van der Waals surface area contributed by atoms with Crippen LogP contribution in [0.15, 0.2) is 65.0 Å². The van der Waals surface area contributed by atoms with Crippen molar-refractivity contribution in [1.29, 1.82) is 0 Å². The van der Waals surface area contributed by atoms with Crippen LogP contribution < -0.4 is 10.9 Å². The van der Waals surface area contributed by atoms with E-state index in [1.807, 2.05) is 48.7 Å². The molecular weight excluding hydrogens is 456 g/mol. The molecule has 0 radical (unpaired) electrons. The number of carbonyl (C=O) groups is 1. The Morgan fingerprint density at radius 2 is 1.77 bits per heavy atom. The van der Waals surface area contributed by atoms with E-state index in [0.29, 0.717) is 11.9 Å². The van der Waals surface area contributed by atoms with Crippen molar-refractivity contribution in [2.45, 2.75) is 46.8 Å². The molecule has 7 heteroatoms. The fourth-order valence-electron chi connectivity index (χ4n) is 4.15. The molecule has 0 atom stereocenters. The molecule has 0 saturated carbocycles. The molecule has 2 heterocycles. The molecule has 6 nitrogen and oxygen atoms in total. The second kappa shape index (κ2) is 11.4. The smallest absolute Gasteiger partial charge is 0.262 e. The molecule has 0 aliphatic heterocycles. The number of carbonyl (C=O) groups excluding carboxylic acids is 1. The highest BCUT2D eigenvalue weighted by atomic mass is 32.1. The second-order valence-electron chi connectivity index (χ2n) is 8.70. The number of aryl methyl sites for hydroxylation is 2. The number of hydrogen-bond acceptors (Lipinski definition) is 5. The van der Waals surface area contributed by atoms with E-state index < -0.39 is 0 Å². The van der Waals surface area contributed by atoms with Crippen LogP contribution in [-0.4, -0.2) is 33.4 Å². The van der Waals surface area contributed by atoms with Crippen molar-refractivity contribution in [3.8, 4) is 11.1 Å². The van der Waals surface area contributed by atoms with Crippen LogP contribution in [0.5, 0.6) is 0 Å². The van der Waals surface area contributed by atoms with Gasteiger partial charge in [0.2, 0.25) is 5.91 Å². The third kappa shape index (κ3) is 5.86. The van der Waals surface area contributed by atoms with Crippen LogP contribution in [0, 0.1) is 6.92 Å². The molecule has 0 aliphatic rings. The van der Waals surface area contributed by atoms with Crippen LogP contribution in [0.1, 0.15) is 37.0 Å². The van der Waals surface area contributed by atoms with Gasteiger partial charge >= 0.3 is 0 Å². The van der Waals surface area contributed by atoms with E-state index in [4.69, 9.17) is 0 Å². The normalized spacial score (nSPS) is 11.3. The van der Waals surface area contributed by atoms with E-state index in [1.54, 1.807) is 10.9 Å². The van der Waals surface area contributed by atoms with Gasteiger partial charge in [-0.3, -0.25) is 19.1 Å². The number of aromatic nitrogens is 2. The fourth-order valence-corrected chi connectivity index (χ4v) is 5.06. The zero-order valence-corrected chi connectivity index (χ0v) is 21.4. The summed E-state index contributed by atoms with van der Waals surface area (Å²) in [6.45, 7) is 9.95. The highest BCUT2D eigenvalue weighted by Gasteiger charge is 2.14. The van der Waals surface area contributed by atoms with Gasteiger partial charge < -0.3 is 5.32 Å². The maximum absolute atomic E-state index is 13.2. The standard InChI is InChI=1S/C28H32N4O2S/c1-4-31(5-2)17-23-9-7-6-8-22(23)16-29-25(33)14-15-32-19-30-27-26(28(32)34)24(18-35-27)21-12-10-20(3)11-13-21/h6-13,18-19H,4-5,14-17H2,1-3H3,(H,29,33). The maximum Gasteiger partial charge on any atom is 0.262 e. The van der Waals surface area contributed by atoms with Crippen LogP contribution in [0.4, 0.5) is 0 Å². The molecule has 0 bridgehead atoms. The lowest BCUT2D eigenvalue weighted by Gasteiger charge is -2.20. The van der Waals surface area contributed by atoms with Crippen LogP contribution in [0.2, 0.25) is 0 Å².